The zero-order valence-corrected chi connectivity index (χ0v) is 21.3. The molecular weight excluding hydrogens is 459 g/mol. The lowest BCUT2D eigenvalue weighted by Crippen LogP contribution is -2.35. The fourth-order valence-electron chi connectivity index (χ4n) is 4.13. The number of alkyl halides is 2. The van der Waals surface area contributed by atoms with Gasteiger partial charge in [0.25, 0.3) is 5.66 Å². The average molecular weight is 494 g/mol. The summed E-state index contributed by atoms with van der Waals surface area (Å²) in [5.74, 6) is 2.50. The van der Waals surface area contributed by atoms with Crippen LogP contribution in [0.2, 0.25) is 0 Å². The van der Waals surface area contributed by atoms with Crippen molar-refractivity contribution in [1.82, 2.24) is 14.7 Å². The van der Waals surface area contributed by atoms with Crippen molar-refractivity contribution in [2.24, 2.45) is 5.92 Å². The number of nitrogens with one attached hydrogen (secondary N) is 3. The Kier molecular flexibility index (Phi) is 9.90. The van der Waals surface area contributed by atoms with Gasteiger partial charge in [0.1, 0.15) is 5.82 Å². The Hall–Kier alpha value is -1.76. The maximum atomic E-state index is 13.0. The molecule has 0 saturated heterocycles. The molecule has 3 N–H and O–H groups in total. The standard InChI is InChI=1S/C16H24N4.C8H10F2NPS/c1-17-15-13-9-5-6-10-14(13)19-16(20-15)18-11-12-7-3-2-4-8-12;1-11-13-7-5-3-2-4-6(7)8(9,10)12/h9-10,12H,2-8,11H2,1H3,(H2,17,18,19,20);2-5,11H,12H2,1H3. The van der Waals surface area contributed by atoms with Crippen LogP contribution in [0.25, 0.3) is 12.2 Å². The van der Waals surface area contributed by atoms with Gasteiger partial charge in [0, 0.05) is 29.3 Å². The molecule has 1 heterocycles. The first kappa shape index (κ1) is 25.9. The number of nitrogens with zero attached hydrogens (tertiary/aromatic N) is 2. The van der Waals surface area contributed by atoms with Crippen molar-refractivity contribution in [3.63, 3.8) is 0 Å². The van der Waals surface area contributed by atoms with Gasteiger partial charge in [-0.1, -0.05) is 58.9 Å². The quantitative estimate of drug-likeness (QED) is 0.384. The van der Waals surface area contributed by atoms with Crippen LogP contribution in [-0.4, -0.2) is 30.6 Å². The van der Waals surface area contributed by atoms with E-state index in [2.05, 4.69) is 37.5 Å². The van der Waals surface area contributed by atoms with E-state index in [0.717, 1.165) is 47.6 Å². The van der Waals surface area contributed by atoms with Gasteiger partial charge < -0.3 is 10.6 Å². The number of rotatable bonds is 7. The summed E-state index contributed by atoms with van der Waals surface area (Å²) in [6.07, 6.45) is 13.4. The number of anilines is 2. The van der Waals surface area contributed by atoms with Gasteiger partial charge in [0.05, 0.1) is 5.35 Å². The van der Waals surface area contributed by atoms with Gasteiger partial charge in [-0.25, -0.2) is 4.98 Å². The summed E-state index contributed by atoms with van der Waals surface area (Å²) in [6, 6.07) is 6.42. The Morgan fingerprint density at radius 1 is 1.06 bits per heavy atom. The minimum absolute atomic E-state index is 0.0272. The van der Waals surface area contributed by atoms with Gasteiger partial charge in [-0.15, -0.1) is 0 Å². The van der Waals surface area contributed by atoms with E-state index >= 15 is 0 Å². The fraction of sp³-hybridized carbons (Fsp3) is 0.500. The van der Waals surface area contributed by atoms with Crippen LogP contribution in [0.3, 0.4) is 0 Å². The molecule has 1 saturated carbocycles. The molecule has 2 aliphatic carbocycles. The van der Waals surface area contributed by atoms with Crippen LogP contribution in [0, 0.1) is 5.92 Å². The second kappa shape index (κ2) is 12.6. The van der Waals surface area contributed by atoms with E-state index in [9.17, 15) is 8.78 Å². The third-order valence-corrected chi connectivity index (χ3v) is 6.89. The Morgan fingerprint density at radius 2 is 1.79 bits per heavy atom. The average Bonchev–Trinajstić information content (AvgIpc) is 2.83. The van der Waals surface area contributed by atoms with E-state index in [-0.39, 0.29) is 5.56 Å². The van der Waals surface area contributed by atoms with Crippen LogP contribution < -0.4 is 25.9 Å². The molecule has 180 valence electrons. The van der Waals surface area contributed by atoms with Crippen molar-refractivity contribution in [3.05, 3.63) is 40.4 Å². The molecule has 0 aliphatic heterocycles. The minimum atomic E-state index is -2.86. The first-order valence-corrected chi connectivity index (χ1v) is 12.9. The summed E-state index contributed by atoms with van der Waals surface area (Å²) in [7, 11) is 5.16. The van der Waals surface area contributed by atoms with Crippen molar-refractivity contribution >= 4 is 45.1 Å². The summed E-state index contributed by atoms with van der Waals surface area (Å²) in [5, 5.41) is 8.86. The molecular formula is C24H34F2N5PS. The number of aromatic nitrogens is 2. The zero-order valence-electron chi connectivity index (χ0n) is 19.3. The van der Waals surface area contributed by atoms with Gasteiger partial charge in [-0.2, -0.15) is 13.8 Å². The van der Waals surface area contributed by atoms with Crippen LogP contribution in [0.15, 0.2) is 29.2 Å². The molecule has 4 rings (SSSR count). The smallest absolute Gasteiger partial charge is 0.284 e. The lowest BCUT2D eigenvalue weighted by atomic mass is 9.89. The second-order valence-electron chi connectivity index (χ2n) is 8.24. The predicted octanol–water partition coefficient (Wildman–Crippen LogP) is 4.70. The molecule has 5 nitrogen and oxygen atoms in total. The molecule has 9 heteroatoms. The number of benzene rings is 1. The Labute approximate surface area is 201 Å². The molecule has 0 bridgehead atoms. The van der Waals surface area contributed by atoms with Crippen LogP contribution in [0.1, 0.15) is 50.5 Å². The van der Waals surface area contributed by atoms with Crippen molar-refractivity contribution in [1.29, 1.82) is 0 Å². The molecule has 0 spiro atoms. The van der Waals surface area contributed by atoms with Gasteiger partial charge in [0.2, 0.25) is 5.95 Å². The Bertz CT molecular complexity index is 1020. The van der Waals surface area contributed by atoms with E-state index in [1.54, 1.807) is 25.2 Å². The highest BCUT2D eigenvalue weighted by Gasteiger charge is 2.27. The summed E-state index contributed by atoms with van der Waals surface area (Å²) < 4.78 is 28.7. The predicted molar refractivity (Wildman–Crippen MR) is 139 cm³/mol. The van der Waals surface area contributed by atoms with E-state index in [0.29, 0.717) is 4.90 Å². The van der Waals surface area contributed by atoms with E-state index < -0.39 is 5.66 Å². The zero-order chi connectivity index (χ0) is 23.7. The lowest BCUT2D eigenvalue weighted by molar-refractivity contribution is 0.101. The highest BCUT2D eigenvalue weighted by atomic mass is 32.2. The minimum Gasteiger partial charge on any atom is -0.372 e. The molecule has 1 unspecified atom stereocenters. The number of hydrogen-bond donors (Lipinski definition) is 3. The summed E-state index contributed by atoms with van der Waals surface area (Å²) >= 11 is 1.19. The highest BCUT2D eigenvalue weighted by Crippen LogP contribution is 2.39. The number of hydrogen-bond acceptors (Lipinski definition) is 6. The molecule has 0 radical (unpaired) electrons. The third-order valence-electron chi connectivity index (χ3n) is 5.80. The second-order valence-corrected chi connectivity index (χ2v) is 10.0. The molecule has 1 aromatic carbocycles. The molecule has 33 heavy (non-hydrogen) atoms. The molecule has 1 atom stereocenters. The summed E-state index contributed by atoms with van der Waals surface area (Å²) in [4.78, 5) is 9.81. The van der Waals surface area contributed by atoms with E-state index in [1.165, 1.54) is 59.4 Å². The van der Waals surface area contributed by atoms with Crippen LogP contribution >= 0.6 is 21.2 Å². The van der Waals surface area contributed by atoms with Crippen LogP contribution in [-0.2, 0) is 5.66 Å². The maximum Gasteiger partial charge on any atom is 0.284 e. The lowest BCUT2D eigenvalue weighted by Gasteiger charge is -2.21. The SMILES string of the molecule is CNSc1ccccc1C(F)(F)P.CNc1nc(NCC2CCCCC2)nc2c1=CCCC=2. The molecule has 2 aromatic rings. The molecule has 0 amide bonds. The van der Waals surface area contributed by atoms with Gasteiger partial charge in [-0.3, -0.25) is 4.72 Å². The van der Waals surface area contributed by atoms with Crippen LogP contribution in [0.4, 0.5) is 20.5 Å². The molecule has 2 aliphatic rings. The summed E-state index contributed by atoms with van der Waals surface area (Å²) in [6.45, 7) is 1.01. The third kappa shape index (κ3) is 7.62. The number of fused-ring (bicyclic) bond motifs is 1. The number of halogens is 2. The Balaban J connectivity index is 0.000000205. The monoisotopic (exact) mass is 493 g/mol. The first-order valence-electron chi connectivity index (χ1n) is 11.5. The molecule has 1 fully saturated rings. The van der Waals surface area contributed by atoms with E-state index in [1.807, 2.05) is 7.05 Å². The van der Waals surface area contributed by atoms with Gasteiger partial charge in [-0.05, 0) is 56.7 Å². The topological polar surface area (TPSA) is 61.9 Å². The largest absolute Gasteiger partial charge is 0.372 e. The van der Waals surface area contributed by atoms with Crippen LogP contribution in [0.5, 0.6) is 0 Å². The fourth-order valence-corrected chi connectivity index (χ4v) is 5.17. The van der Waals surface area contributed by atoms with Gasteiger partial charge in [0.15, 0.2) is 0 Å². The van der Waals surface area contributed by atoms with Crippen molar-refractivity contribution in [2.75, 3.05) is 31.3 Å². The Morgan fingerprint density at radius 3 is 2.48 bits per heavy atom. The normalized spacial score (nSPS) is 15.9. The maximum absolute atomic E-state index is 13.0. The highest BCUT2D eigenvalue weighted by molar-refractivity contribution is 7.97. The van der Waals surface area contributed by atoms with Crippen molar-refractivity contribution < 1.29 is 8.78 Å². The van der Waals surface area contributed by atoms with Crippen molar-refractivity contribution in [2.45, 2.75) is 55.5 Å². The van der Waals surface area contributed by atoms with Gasteiger partial charge >= 0.3 is 0 Å². The van der Waals surface area contributed by atoms with E-state index in [4.69, 9.17) is 0 Å². The van der Waals surface area contributed by atoms with Crippen molar-refractivity contribution in [3.8, 4) is 0 Å². The summed E-state index contributed by atoms with van der Waals surface area (Å²) in [5.41, 5.74) is -2.83. The molecule has 1 aromatic heterocycles. The first-order chi connectivity index (χ1) is 15.9.